The maximum absolute atomic E-state index is 12.6. The van der Waals surface area contributed by atoms with E-state index >= 15 is 0 Å². The molecule has 2 heteroatoms. The van der Waals surface area contributed by atoms with E-state index in [2.05, 4.69) is 30.3 Å². The van der Waals surface area contributed by atoms with Crippen LogP contribution in [0.5, 0.6) is 0 Å². The highest BCUT2D eigenvalue weighted by Crippen LogP contribution is 2.36. The monoisotopic (exact) mass is 322 g/mol. The van der Waals surface area contributed by atoms with Crippen molar-refractivity contribution in [1.82, 2.24) is 0 Å². The van der Waals surface area contributed by atoms with Crippen LogP contribution in [0.1, 0.15) is 0 Å². The minimum absolute atomic E-state index is 0.0196. The first kappa shape index (κ1) is 14.0. The van der Waals surface area contributed by atoms with Crippen molar-refractivity contribution in [2.45, 2.75) is 0 Å². The summed E-state index contributed by atoms with van der Waals surface area (Å²) in [5.74, 6) is 0.608. The van der Waals surface area contributed by atoms with Gasteiger partial charge in [-0.2, -0.15) is 0 Å². The van der Waals surface area contributed by atoms with E-state index in [0.29, 0.717) is 16.7 Å². The SMILES string of the molecule is O=c1cc(-c2c3ccccc3cc3ccccc23)oc2ccccc12. The molecule has 0 bridgehead atoms. The Kier molecular flexibility index (Phi) is 2.98. The third kappa shape index (κ3) is 2.15. The predicted octanol–water partition coefficient (Wildman–Crippen LogP) is 5.77. The van der Waals surface area contributed by atoms with Crippen molar-refractivity contribution >= 4 is 32.5 Å². The van der Waals surface area contributed by atoms with Crippen molar-refractivity contribution in [3.63, 3.8) is 0 Å². The van der Waals surface area contributed by atoms with Gasteiger partial charge in [-0.3, -0.25) is 4.79 Å². The van der Waals surface area contributed by atoms with Gasteiger partial charge in [-0.1, -0.05) is 60.7 Å². The molecule has 5 aromatic rings. The third-order valence-corrected chi connectivity index (χ3v) is 4.65. The summed E-state index contributed by atoms with van der Waals surface area (Å²) >= 11 is 0. The number of para-hydroxylation sites is 1. The van der Waals surface area contributed by atoms with Gasteiger partial charge in [0.15, 0.2) is 5.43 Å². The molecule has 1 aromatic heterocycles. The van der Waals surface area contributed by atoms with Gasteiger partial charge in [-0.05, 0) is 39.7 Å². The molecule has 1 heterocycles. The third-order valence-electron chi connectivity index (χ3n) is 4.65. The zero-order valence-corrected chi connectivity index (χ0v) is 13.4. The van der Waals surface area contributed by atoms with Crippen molar-refractivity contribution in [3.05, 3.63) is 95.2 Å². The summed E-state index contributed by atoms with van der Waals surface area (Å²) in [5.41, 5.74) is 1.56. The van der Waals surface area contributed by atoms with Gasteiger partial charge >= 0.3 is 0 Å². The summed E-state index contributed by atoms with van der Waals surface area (Å²) in [7, 11) is 0. The van der Waals surface area contributed by atoms with Crippen LogP contribution in [0, 0.1) is 0 Å². The molecule has 0 N–H and O–H groups in total. The van der Waals surface area contributed by atoms with E-state index in [1.54, 1.807) is 12.1 Å². The number of rotatable bonds is 1. The average Bonchev–Trinajstić information content (AvgIpc) is 2.66. The lowest BCUT2D eigenvalue weighted by atomic mass is 9.95. The van der Waals surface area contributed by atoms with Gasteiger partial charge in [-0.25, -0.2) is 0 Å². The van der Waals surface area contributed by atoms with E-state index < -0.39 is 0 Å². The molecule has 2 nitrogen and oxygen atoms in total. The lowest BCUT2D eigenvalue weighted by Gasteiger charge is -2.11. The van der Waals surface area contributed by atoms with Crippen LogP contribution in [0.25, 0.3) is 43.8 Å². The average molecular weight is 322 g/mol. The van der Waals surface area contributed by atoms with E-state index in [9.17, 15) is 4.79 Å². The standard InChI is InChI=1S/C23H14O2/c24-20-14-22(25-21-12-6-5-11-19(20)21)23-17-9-3-1-7-15(17)13-16-8-2-4-10-18(16)23/h1-14H. The highest BCUT2D eigenvalue weighted by Gasteiger charge is 2.13. The van der Waals surface area contributed by atoms with Crippen molar-refractivity contribution in [2.24, 2.45) is 0 Å². The van der Waals surface area contributed by atoms with Gasteiger partial charge in [-0.15, -0.1) is 0 Å². The van der Waals surface area contributed by atoms with Gasteiger partial charge in [0.25, 0.3) is 0 Å². The smallest absolute Gasteiger partial charge is 0.193 e. The van der Waals surface area contributed by atoms with Gasteiger partial charge in [0.1, 0.15) is 11.3 Å². The second-order valence-corrected chi connectivity index (χ2v) is 6.16. The first-order valence-electron chi connectivity index (χ1n) is 8.25. The quantitative estimate of drug-likeness (QED) is 0.367. The molecule has 5 rings (SSSR count). The van der Waals surface area contributed by atoms with Crippen molar-refractivity contribution in [1.29, 1.82) is 0 Å². The van der Waals surface area contributed by atoms with Crippen LogP contribution in [-0.4, -0.2) is 0 Å². The van der Waals surface area contributed by atoms with Gasteiger partial charge < -0.3 is 4.42 Å². The Labute approximate surface area is 143 Å². The van der Waals surface area contributed by atoms with Crippen molar-refractivity contribution in [3.8, 4) is 11.3 Å². The van der Waals surface area contributed by atoms with Crippen LogP contribution in [0.15, 0.2) is 94.1 Å². The molecule has 0 saturated heterocycles. The van der Waals surface area contributed by atoms with Crippen LogP contribution in [0.4, 0.5) is 0 Å². The summed E-state index contributed by atoms with van der Waals surface area (Å²) in [6.45, 7) is 0. The predicted molar refractivity (Wildman–Crippen MR) is 103 cm³/mol. The van der Waals surface area contributed by atoms with E-state index in [1.807, 2.05) is 42.5 Å². The largest absolute Gasteiger partial charge is 0.456 e. The highest BCUT2D eigenvalue weighted by atomic mass is 16.3. The van der Waals surface area contributed by atoms with Gasteiger partial charge in [0, 0.05) is 11.6 Å². The minimum atomic E-state index is -0.0196. The Morgan fingerprint density at radius 1 is 0.600 bits per heavy atom. The fourth-order valence-electron chi connectivity index (χ4n) is 3.51. The molecule has 118 valence electrons. The second kappa shape index (κ2) is 5.32. The molecule has 0 fully saturated rings. The first-order chi connectivity index (χ1) is 12.3. The Balaban J connectivity index is 1.98. The zero-order chi connectivity index (χ0) is 16.8. The Morgan fingerprint density at radius 2 is 1.16 bits per heavy atom. The van der Waals surface area contributed by atoms with E-state index in [1.165, 1.54) is 0 Å². The van der Waals surface area contributed by atoms with Crippen LogP contribution < -0.4 is 5.43 Å². The molecular weight excluding hydrogens is 308 g/mol. The molecule has 0 saturated carbocycles. The first-order valence-corrected chi connectivity index (χ1v) is 8.25. The molecule has 0 aliphatic carbocycles. The maximum atomic E-state index is 12.6. The number of benzene rings is 4. The number of hydrogen-bond donors (Lipinski definition) is 0. The fraction of sp³-hybridized carbons (Fsp3) is 0. The summed E-state index contributed by atoms with van der Waals surface area (Å²) < 4.78 is 6.14. The summed E-state index contributed by atoms with van der Waals surface area (Å²) in [6, 6.07) is 27.6. The summed E-state index contributed by atoms with van der Waals surface area (Å²) in [4.78, 5) is 12.6. The topological polar surface area (TPSA) is 30.2 Å². The van der Waals surface area contributed by atoms with Crippen LogP contribution in [0.3, 0.4) is 0 Å². The molecule has 25 heavy (non-hydrogen) atoms. The van der Waals surface area contributed by atoms with Crippen LogP contribution >= 0.6 is 0 Å². The zero-order valence-electron chi connectivity index (χ0n) is 13.4. The lowest BCUT2D eigenvalue weighted by Crippen LogP contribution is -2.00. The molecule has 4 aromatic carbocycles. The Hall–Kier alpha value is -3.39. The van der Waals surface area contributed by atoms with E-state index in [0.717, 1.165) is 27.1 Å². The molecule has 0 atom stereocenters. The minimum Gasteiger partial charge on any atom is -0.456 e. The molecule has 0 radical (unpaired) electrons. The van der Waals surface area contributed by atoms with Crippen molar-refractivity contribution in [2.75, 3.05) is 0 Å². The molecule has 0 aliphatic rings. The van der Waals surface area contributed by atoms with Crippen molar-refractivity contribution < 1.29 is 4.42 Å². The molecule has 0 spiro atoms. The molecule has 0 amide bonds. The lowest BCUT2D eigenvalue weighted by molar-refractivity contribution is 0.620. The molecule has 0 unspecified atom stereocenters. The van der Waals surface area contributed by atoms with Crippen LogP contribution in [0.2, 0.25) is 0 Å². The van der Waals surface area contributed by atoms with Gasteiger partial charge in [0.05, 0.1) is 5.39 Å². The van der Waals surface area contributed by atoms with E-state index in [-0.39, 0.29) is 5.43 Å². The van der Waals surface area contributed by atoms with Gasteiger partial charge in [0.2, 0.25) is 0 Å². The number of hydrogen-bond acceptors (Lipinski definition) is 2. The maximum Gasteiger partial charge on any atom is 0.193 e. The highest BCUT2D eigenvalue weighted by molar-refractivity contribution is 6.12. The molecular formula is C23H14O2. The Morgan fingerprint density at radius 3 is 1.84 bits per heavy atom. The fourth-order valence-corrected chi connectivity index (χ4v) is 3.51. The normalized spacial score (nSPS) is 11.4. The summed E-state index contributed by atoms with van der Waals surface area (Å²) in [6.07, 6.45) is 0. The second-order valence-electron chi connectivity index (χ2n) is 6.16. The molecule has 0 aliphatic heterocycles. The summed E-state index contributed by atoms with van der Waals surface area (Å²) in [5, 5.41) is 5.04. The Bertz CT molecular complexity index is 1260. The van der Waals surface area contributed by atoms with Crippen LogP contribution in [-0.2, 0) is 0 Å². The number of fused-ring (bicyclic) bond motifs is 3. The van der Waals surface area contributed by atoms with E-state index in [4.69, 9.17) is 4.42 Å².